The number of nitrogens with zero attached hydrogens (tertiary/aromatic N) is 2. The Morgan fingerprint density at radius 1 is 1.18 bits per heavy atom. The lowest BCUT2D eigenvalue weighted by Gasteiger charge is -2.14. The molecule has 0 unspecified atom stereocenters. The molecule has 6 nitrogen and oxygen atoms in total. The van der Waals surface area contributed by atoms with Gasteiger partial charge in [-0.3, -0.25) is 4.79 Å². The third kappa shape index (κ3) is 4.22. The number of amides is 1. The van der Waals surface area contributed by atoms with Crippen molar-refractivity contribution in [3.8, 4) is 11.5 Å². The van der Waals surface area contributed by atoms with E-state index in [9.17, 15) is 27.2 Å². The molecule has 3 rings (SSSR count). The standard InChI is InChI=1S/C17H10ClF4N3O3/c18-12-3-1-2-11(17(20,21)22)14(12)23-13(26)8-25-16(27)28-15(24-25)9-4-6-10(19)7-5-9/h1-7H,8H2,(H,23,26). The molecule has 0 spiro atoms. The topological polar surface area (TPSA) is 77.1 Å². The molecule has 11 heteroatoms. The van der Waals surface area contributed by atoms with E-state index in [0.29, 0.717) is 4.68 Å². The molecule has 0 aliphatic heterocycles. The van der Waals surface area contributed by atoms with Crippen LogP contribution in [0.15, 0.2) is 51.7 Å². The highest BCUT2D eigenvalue weighted by atomic mass is 35.5. The summed E-state index contributed by atoms with van der Waals surface area (Å²) in [7, 11) is 0. The Kier molecular flexibility index (Phi) is 5.23. The number of nitrogens with one attached hydrogen (secondary N) is 1. The Morgan fingerprint density at radius 3 is 2.50 bits per heavy atom. The molecule has 2 aromatic carbocycles. The molecule has 1 amide bonds. The Labute approximate surface area is 159 Å². The fraction of sp³-hybridized carbons (Fsp3) is 0.118. The number of carbonyl (C=O) groups is 1. The van der Waals surface area contributed by atoms with Crippen LogP contribution in [0.3, 0.4) is 0 Å². The van der Waals surface area contributed by atoms with Crippen molar-refractivity contribution in [1.82, 2.24) is 9.78 Å². The van der Waals surface area contributed by atoms with Crippen molar-refractivity contribution in [2.75, 3.05) is 5.32 Å². The van der Waals surface area contributed by atoms with Crippen molar-refractivity contribution in [2.45, 2.75) is 12.7 Å². The quantitative estimate of drug-likeness (QED) is 0.654. The maximum atomic E-state index is 13.1. The molecule has 0 aliphatic carbocycles. The third-order valence-corrected chi connectivity index (χ3v) is 3.89. The van der Waals surface area contributed by atoms with Crippen molar-refractivity contribution < 1.29 is 26.8 Å². The molecule has 3 aromatic rings. The zero-order chi connectivity index (χ0) is 20.5. The number of hydrogen-bond donors (Lipinski definition) is 1. The van der Waals surface area contributed by atoms with Gasteiger partial charge >= 0.3 is 11.9 Å². The van der Waals surface area contributed by atoms with E-state index < -0.39 is 41.5 Å². The maximum Gasteiger partial charge on any atom is 0.437 e. The largest absolute Gasteiger partial charge is 0.437 e. The van der Waals surface area contributed by atoms with E-state index in [1.807, 2.05) is 5.32 Å². The molecule has 1 N–H and O–H groups in total. The van der Waals surface area contributed by atoms with Gasteiger partial charge in [-0.25, -0.2) is 9.18 Å². The number of anilines is 1. The van der Waals surface area contributed by atoms with Crippen LogP contribution in [0.25, 0.3) is 11.5 Å². The van der Waals surface area contributed by atoms with Crippen LogP contribution in [0, 0.1) is 5.82 Å². The lowest BCUT2D eigenvalue weighted by Crippen LogP contribution is -2.27. The van der Waals surface area contributed by atoms with Crippen LogP contribution in [-0.2, 0) is 17.5 Å². The van der Waals surface area contributed by atoms with E-state index in [-0.39, 0.29) is 16.5 Å². The first-order chi connectivity index (χ1) is 13.1. The van der Waals surface area contributed by atoms with Gasteiger partial charge in [0.2, 0.25) is 11.8 Å². The average molecular weight is 416 g/mol. The first-order valence-corrected chi connectivity index (χ1v) is 8.02. The number of benzene rings is 2. The highest BCUT2D eigenvalue weighted by Crippen LogP contribution is 2.38. The van der Waals surface area contributed by atoms with Crippen LogP contribution in [0.1, 0.15) is 5.56 Å². The number of alkyl halides is 3. The summed E-state index contributed by atoms with van der Waals surface area (Å²) in [6.07, 6.45) is -4.74. The van der Waals surface area contributed by atoms with Crippen LogP contribution < -0.4 is 11.1 Å². The highest BCUT2D eigenvalue weighted by molar-refractivity contribution is 6.34. The number of rotatable bonds is 4. The van der Waals surface area contributed by atoms with Gasteiger partial charge in [0, 0.05) is 5.56 Å². The zero-order valence-corrected chi connectivity index (χ0v) is 14.5. The maximum absolute atomic E-state index is 13.1. The first-order valence-electron chi connectivity index (χ1n) is 7.64. The predicted molar refractivity (Wildman–Crippen MR) is 91.2 cm³/mol. The summed E-state index contributed by atoms with van der Waals surface area (Å²) in [5, 5.41) is 5.50. The van der Waals surface area contributed by atoms with Crippen molar-refractivity contribution >= 4 is 23.2 Å². The smallest absolute Gasteiger partial charge is 0.388 e. The monoisotopic (exact) mass is 415 g/mol. The minimum atomic E-state index is -4.74. The molecule has 0 saturated heterocycles. The lowest BCUT2D eigenvalue weighted by molar-refractivity contribution is -0.137. The van der Waals surface area contributed by atoms with Crippen molar-refractivity contribution in [3.63, 3.8) is 0 Å². The molecule has 1 aromatic heterocycles. The summed E-state index contributed by atoms with van der Waals surface area (Å²) < 4.78 is 57.7. The number of aromatic nitrogens is 2. The van der Waals surface area contributed by atoms with Crippen molar-refractivity contribution in [1.29, 1.82) is 0 Å². The van der Waals surface area contributed by atoms with Gasteiger partial charge in [-0.15, -0.1) is 5.10 Å². The van der Waals surface area contributed by atoms with Gasteiger partial charge in [0.15, 0.2) is 0 Å². The van der Waals surface area contributed by atoms with Gasteiger partial charge in [0.05, 0.1) is 16.3 Å². The second-order valence-corrected chi connectivity index (χ2v) is 5.95. The van der Waals surface area contributed by atoms with E-state index in [1.165, 1.54) is 18.2 Å². The molecule has 0 aliphatic rings. The molecular weight excluding hydrogens is 406 g/mol. The summed E-state index contributed by atoms with van der Waals surface area (Å²) in [5.74, 6) is -2.67. The van der Waals surface area contributed by atoms with Gasteiger partial charge in [-0.2, -0.15) is 17.9 Å². The average Bonchev–Trinajstić information content (AvgIpc) is 2.97. The molecule has 0 radical (unpaired) electrons. The minimum Gasteiger partial charge on any atom is -0.388 e. The van der Waals surface area contributed by atoms with Crippen LogP contribution in [-0.4, -0.2) is 15.7 Å². The van der Waals surface area contributed by atoms with Gasteiger partial charge in [0.1, 0.15) is 12.4 Å². The second-order valence-electron chi connectivity index (χ2n) is 5.55. The van der Waals surface area contributed by atoms with E-state index in [1.54, 1.807) is 0 Å². The molecular formula is C17H10ClF4N3O3. The highest BCUT2D eigenvalue weighted by Gasteiger charge is 2.34. The van der Waals surface area contributed by atoms with Crippen LogP contribution in [0.5, 0.6) is 0 Å². The summed E-state index contributed by atoms with van der Waals surface area (Å²) in [4.78, 5) is 24.0. The van der Waals surface area contributed by atoms with Crippen LogP contribution in [0.2, 0.25) is 5.02 Å². The summed E-state index contributed by atoms with van der Waals surface area (Å²) in [6, 6.07) is 7.90. The molecule has 1 heterocycles. The van der Waals surface area contributed by atoms with E-state index >= 15 is 0 Å². The summed E-state index contributed by atoms with van der Waals surface area (Å²) in [6.45, 7) is -0.716. The lowest BCUT2D eigenvalue weighted by atomic mass is 10.1. The normalized spacial score (nSPS) is 11.5. The first kappa shape index (κ1) is 19.6. The van der Waals surface area contributed by atoms with Crippen LogP contribution in [0.4, 0.5) is 23.2 Å². The Bertz CT molecular complexity index is 1070. The Hall–Kier alpha value is -3.14. The number of hydrogen-bond acceptors (Lipinski definition) is 4. The number of para-hydroxylation sites is 1. The molecule has 0 bridgehead atoms. The fourth-order valence-electron chi connectivity index (χ4n) is 2.32. The molecule has 0 saturated carbocycles. The van der Waals surface area contributed by atoms with Gasteiger partial charge < -0.3 is 9.73 Å². The number of carbonyl (C=O) groups excluding carboxylic acids is 1. The SMILES string of the molecule is O=C(Cn1nc(-c2ccc(F)cc2)oc1=O)Nc1c(Cl)cccc1C(F)(F)F. The van der Waals surface area contributed by atoms with E-state index in [2.05, 4.69) is 5.10 Å². The predicted octanol–water partition coefficient (Wildman–Crippen LogP) is 3.95. The van der Waals surface area contributed by atoms with E-state index in [4.69, 9.17) is 16.0 Å². The van der Waals surface area contributed by atoms with Gasteiger partial charge in [0.25, 0.3) is 0 Å². The Morgan fingerprint density at radius 2 is 1.86 bits per heavy atom. The third-order valence-electron chi connectivity index (χ3n) is 3.57. The fourth-order valence-corrected chi connectivity index (χ4v) is 2.54. The van der Waals surface area contributed by atoms with Crippen molar-refractivity contribution in [3.05, 3.63) is 69.4 Å². The zero-order valence-electron chi connectivity index (χ0n) is 13.8. The Balaban J connectivity index is 1.82. The van der Waals surface area contributed by atoms with Crippen LogP contribution >= 0.6 is 11.6 Å². The summed E-state index contributed by atoms with van der Waals surface area (Å²) >= 11 is 5.76. The molecule has 0 fully saturated rings. The minimum absolute atomic E-state index is 0.175. The number of halogens is 5. The molecule has 28 heavy (non-hydrogen) atoms. The molecule has 0 atom stereocenters. The molecule has 146 valence electrons. The van der Waals surface area contributed by atoms with E-state index in [0.717, 1.165) is 24.3 Å². The summed E-state index contributed by atoms with van der Waals surface area (Å²) in [5.41, 5.74) is -1.48. The van der Waals surface area contributed by atoms with Gasteiger partial charge in [-0.05, 0) is 36.4 Å². The second kappa shape index (κ2) is 7.47. The van der Waals surface area contributed by atoms with Gasteiger partial charge in [-0.1, -0.05) is 17.7 Å². The van der Waals surface area contributed by atoms with Crippen molar-refractivity contribution in [2.24, 2.45) is 0 Å².